The first kappa shape index (κ1) is 9.32. The molecule has 6 nitrogen and oxygen atoms in total. The summed E-state index contributed by atoms with van der Waals surface area (Å²) in [4.78, 5) is 21.0. The first-order chi connectivity index (χ1) is 6.22. The topological polar surface area (TPSA) is 85.6 Å². The van der Waals surface area contributed by atoms with Crippen LogP contribution in [0.3, 0.4) is 0 Å². The minimum absolute atomic E-state index is 0.0632. The highest BCUT2D eigenvalue weighted by molar-refractivity contribution is 5.71. The summed E-state index contributed by atoms with van der Waals surface area (Å²) in [5, 5.41) is 8.11. The van der Waals surface area contributed by atoms with Crippen molar-refractivity contribution in [1.29, 1.82) is 5.26 Å². The molecule has 6 heteroatoms. The minimum atomic E-state index is -0.763. The van der Waals surface area contributed by atoms with Gasteiger partial charge in [0.1, 0.15) is 19.6 Å². The number of esters is 1. The predicted octanol–water partition coefficient (Wildman–Crippen LogP) is -0.0213. The third kappa shape index (κ3) is 2.99. The van der Waals surface area contributed by atoms with Gasteiger partial charge in [-0.25, -0.2) is 4.79 Å². The smallest absolute Gasteiger partial charge is 0.461 e. The van der Waals surface area contributed by atoms with Crippen molar-refractivity contribution < 1.29 is 23.8 Å². The summed E-state index contributed by atoms with van der Waals surface area (Å²) < 4.78 is 13.6. The Labute approximate surface area is 74.0 Å². The Kier molecular flexibility index (Phi) is 3.09. The fourth-order valence-electron chi connectivity index (χ4n) is 0.749. The number of hydrogen-bond donors (Lipinski definition) is 0. The molecule has 0 amide bonds. The highest BCUT2D eigenvalue weighted by atomic mass is 16.8. The van der Waals surface area contributed by atoms with Gasteiger partial charge in [-0.1, -0.05) is 0 Å². The Hall–Kier alpha value is -1.77. The number of nitrogens with zero attached hydrogens (tertiary/aromatic N) is 1. The largest absolute Gasteiger partial charge is 0.508 e. The number of cyclic esters (lactones) is 2. The number of carbonyl (C=O) groups is 2. The van der Waals surface area contributed by atoms with Crippen molar-refractivity contribution in [3.05, 3.63) is 0 Å². The van der Waals surface area contributed by atoms with Crippen molar-refractivity contribution in [3.8, 4) is 6.07 Å². The Morgan fingerprint density at radius 1 is 1.77 bits per heavy atom. The molecule has 1 fully saturated rings. The van der Waals surface area contributed by atoms with Crippen molar-refractivity contribution in [3.63, 3.8) is 0 Å². The van der Waals surface area contributed by atoms with Crippen LogP contribution in [-0.2, 0) is 19.0 Å². The van der Waals surface area contributed by atoms with E-state index in [0.29, 0.717) is 0 Å². The molecule has 0 aliphatic carbocycles. The van der Waals surface area contributed by atoms with Crippen LogP contribution < -0.4 is 0 Å². The molecule has 0 bridgehead atoms. The van der Waals surface area contributed by atoms with Gasteiger partial charge in [-0.05, 0) is 0 Å². The lowest BCUT2D eigenvalue weighted by atomic mass is 10.4. The summed E-state index contributed by atoms with van der Waals surface area (Å²) in [6, 6.07) is 1.64. The standard InChI is InChI=1S/C7H7NO5/c8-2-1-6(9)11-3-5-4-12-7(10)13-5/h5H,1,3-4H2. The lowest BCUT2D eigenvalue weighted by molar-refractivity contribution is -0.144. The van der Waals surface area contributed by atoms with Gasteiger partial charge in [0.05, 0.1) is 6.07 Å². The molecule has 1 rings (SSSR count). The normalized spacial score (nSPS) is 19.9. The van der Waals surface area contributed by atoms with Gasteiger partial charge in [0.25, 0.3) is 0 Å². The number of carbonyl (C=O) groups excluding carboxylic acids is 2. The molecular weight excluding hydrogens is 178 g/mol. The predicted molar refractivity (Wildman–Crippen MR) is 37.4 cm³/mol. The molecule has 1 heterocycles. The molecule has 0 aromatic heterocycles. The molecule has 0 spiro atoms. The van der Waals surface area contributed by atoms with Gasteiger partial charge in [0.2, 0.25) is 0 Å². The van der Waals surface area contributed by atoms with Gasteiger partial charge < -0.3 is 14.2 Å². The van der Waals surface area contributed by atoms with Crippen LogP contribution >= 0.6 is 0 Å². The average Bonchev–Trinajstić information content (AvgIpc) is 2.49. The van der Waals surface area contributed by atoms with E-state index in [0.717, 1.165) is 0 Å². The second-order valence-electron chi connectivity index (χ2n) is 2.32. The monoisotopic (exact) mass is 185 g/mol. The van der Waals surface area contributed by atoms with E-state index in [2.05, 4.69) is 14.2 Å². The van der Waals surface area contributed by atoms with Crippen LogP contribution in [0.5, 0.6) is 0 Å². The maximum Gasteiger partial charge on any atom is 0.508 e. The fraction of sp³-hybridized carbons (Fsp3) is 0.571. The van der Waals surface area contributed by atoms with Crippen LogP contribution in [0, 0.1) is 11.3 Å². The van der Waals surface area contributed by atoms with Crippen LogP contribution in [-0.4, -0.2) is 31.4 Å². The Morgan fingerprint density at radius 3 is 3.08 bits per heavy atom. The molecule has 0 N–H and O–H groups in total. The van der Waals surface area contributed by atoms with Gasteiger partial charge in [-0.3, -0.25) is 4.79 Å². The SMILES string of the molecule is N#CCC(=O)OCC1COC(=O)O1. The number of ether oxygens (including phenoxy) is 3. The second kappa shape index (κ2) is 4.30. The Balaban J connectivity index is 2.16. The first-order valence-electron chi connectivity index (χ1n) is 3.58. The zero-order valence-electron chi connectivity index (χ0n) is 6.69. The maximum atomic E-state index is 10.7. The van der Waals surface area contributed by atoms with E-state index in [9.17, 15) is 9.59 Å². The second-order valence-corrected chi connectivity index (χ2v) is 2.32. The van der Waals surface area contributed by atoms with Crippen molar-refractivity contribution in [2.75, 3.05) is 13.2 Å². The van der Waals surface area contributed by atoms with E-state index in [1.54, 1.807) is 6.07 Å². The molecule has 1 unspecified atom stereocenters. The quantitative estimate of drug-likeness (QED) is 0.574. The molecule has 1 aliphatic heterocycles. The average molecular weight is 185 g/mol. The lowest BCUT2D eigenvalue weighted by Gasteiger charge is -2.05. The van der Waals surface area contributed by atoms with Gasteiger partial charge >= 0.3 is 12.1 Å². The zero-order valence-corrected chi connectivity index (χ0v) is 6.69. The van der Waals surface area contributed by atoms with Crippen molar-refractivity contribution in [2.24, 2.45) is 0 Å². The van der Waals surface area contributed by atoms with Crippen LogP contribution in [0.4, 0.5) is 4.79 Å². The molecule has 0 saturated carbocycles. The Morgan fingerprint density at radius 2 is 2.54 bits per heavy atom. The molecule has 70 valence electrons. The molecule has 1 atom stereocenters. The van der Waals surface area contributed by atoms with Gasteiger partial charge in [-0.2, -0.15) is 5.26 Å². The minimum Gasteiger partial charge on any atom is -0.461 e. The maximum absolute atomic E-state index is 10.7. The van der Waals surface area contributed by atoms with Gasteiger partial charge in [-0.15, -0.1) is 0 Å². The molecule has 0 aromatic rings. The summed E-state index contributed by atoms with van der Waals surface area (Å²) in [6.07, 6.45) is -1.61. The fourth-order valence-corrected chi connectivity index (χ4v) is 0.749. The van der Waals surface area contributed by atoms with Crippen molar-refractivity contribution in [1.82, 2.24) is 0 Å². The third-order valence-electron chi connectivity index (χ3n) is 1.30. The van der Waals surface area contributed by atoms with E-state index in [-0.39, 0.29) is 19.6 Å². The highest BCUT2D eigenvalue weighted by Crippen LogP contribution is 2.06. The van der Waals surface area contributed by atoms with Gasteiger partial charge in [0.15, 0.2) is 6.10 Å². The summed E-state index contributed by atoms with van der Waals surface area (Å²) in [5.41, 5.74) is 0. The van der Waals surface area contributed by atoms with Crippen LogP contribution in [0.15, 0.2) is 0 Å². The lowest BCUT2D eigenvalue weighted by Crippen LogP contribution is -2.20. The van der Waals surface area contributed by atoms with Crippen molar-refractivity contribution in [2.45, 2.75) is 12.5 Å². The van der Waals surface area contributed by atoms with Crippen LogP contribution in [0.2, 0.25) is 0 Å². The van der Waals surface area contributed by atoms with Crippen LogP contribution in [0.1, 0.15) is 6.42 Å². The molecule has 0 aromatic carbocycles. The Bertz CT molecular complexity index is 256. The van der Waals surface area contributed by atoms with E-state index < -0.39 is 18.2 Å². The highest BCUT2D eigenvalue weighted by Gasteiger charge is 2.25. The summed E-state index contributed by atoms with van der Waals surface area (Å²) in [5.74, 6) is -0.634. The van der Waals surface area contributed by atoms with E-state index in [1.807, 2.05) is 0 Å². The summed E-state index contributed by atoms with van der Waals surface area (Å²) in [6.45, 7) is 0.0188. The molecule has 1 aliphatic rings. The van der Waals surface area contributed by atoms with Crippen molar-refractivity contribution >= 4 is 12.1 Å². The number of nitriles is 1. The third-order valence-corrected chi connectivity index (χ3v) is 1.30. The molecular formula is C7H7NO5. The van der Waals surface area contributed by atoms with E-state index in [4.69, 9.17) is 5.26 Å². The first-order valence-corrected chi connectivity index (χ1v) is 3.58. The van der Waals surface area contributed by atoms with E-state index >= 15 is 0 Å². The number of rotatable bonds is 3. The van der Waals surface area contributed by atoms with E-state index in [1.165, 1.54) is 0 Å². The number of hydrogen-bond acceptors (Lipinski definition) is 6. The molecule has 13 heavy (non-hydrogen) atoms. The molecule has 1 saturated heterocycles. The molecule has 0 radical (unpaired) electrons. The van der Waals surface area contributed by atoms with Crippen LogP contribution in [0.25, 0.3) is 0 Å². The summed E-state index contributed by atoms with van der Waals surface area (Å²) >= 11 is 0. The summed E-state index contributed by atoms with van der Waals surface area (Å²) in [7, 11) is 0. The van der Waals surface area contributed by atoms with Gasteiger partial charge in [0, 0.05) is 0 Å². The zero-order chi connectivity index (χ0) is 9.68.